The highest BCUT2D eigenvalue weighted by Gasteiger charge is 2.33. The smallest absolute Gasteiger partial charge is 0.0486 e. The van der Waals surface area contributed by atoms with Crippen molar-refractivity contribution < 1.29 is 4.74 Å². The summed E-state index contributed by atoms with van der Waals surface area (Å²) in [6, 6.07) is 8.55. The number of nitrogens with two attached hydrogens (primary N) is 1. The van der Waals surface area contributed by atoms with Gasteiger partial charge in [0.2, 0.25) is 0 Å². The van der Waals surface area contributed by atoms with Crippen LogP contribution in [0.2, 0.25) is 0 Å². The van der Waals surface area contributed by atoms with Gasteiger partial charge in [-0.3, -0.25) is 0 Å². The summed E-state index contributed by atoms with van der Waals surface area (Å²) in [5.74, 6) is 0. The first kappa shape index (κ1) is 13.0. The maximum atomic E-state index is 5.61. The van der Waals surface area contributed by atoms with Crippen molar-refractivity contribution in [2.75, 3.05) is 26.3 Å². The van der Waals surface area contributed by atoms with E-state index in [0.717, 1.165) is 37.1 Å². The van der Waals surface area contributed by atoms with Gasteiger partial charge in [0.25, 0.3) is 0 Å². The Hall–Kier alpha value is -0.420. The monoisotopic (exact) mass is 298 g/mol. The molecule has 0 amide bonds. The molecule has 1 aliphatic rings. The topological polar surface area (TPSA) is 47.3 Å². The highest BCUT2D eigenvalue weighted by molar-refractivity contribution is 9.10. The molecule has 0 aliphatic carbocycles. The van der Waals surface area contributed by atoms with E-state index < -0.39 is 0 Å². The van der Waals surface area contributed by atoms with Crippen LogP contribution in [0.5, 0.6) is 0 Å². The van der Waals surface area contributed by atoms with Gasteiger partial charge in [0.1, 0.15) is 0 Å². The van der Waals surface area contributed by atoms with Crippen molar-refractivity contribution in [1.29, 1.82) is 0 Å². The van der Waals surface area contributed by atoms with E-state index in [1.165, 1.54) is 5.56 Å². The largest absolute Gasteiger partial charge is 0.381 e. The van der Waals surface area contributed by atoms with Gasteiger partial charge in [-0.1, -0.05) is 28.1 Å². The first-order valence-corrected chi connectivity index (χ1v) is 6.85. The lowest BCUT2D eigenvalue weighted by Crippen LogP contribution is -2.48. The number of rotatable bonds is 4. The fraction of sp³-hybridized carbons (Fsp3) is 0.538. The van der Waals surface area contributed by atoms with Gasteiger partial charge in [-0.05, 0) is 30.5 Å². The van der Waals surface area contributed by atoms with E-state index in [4.69, 9.17) is 10.5 Å². The van der Waals surface area contributed by atoms with Crippen molar-refractivity contribution in [3.8, 4) is 0 Å². The minimum atomic E-state index is 0.0400. The molecule has 1 fully saturated rings. The average molecular weight is 299 g/mol. The van der Waals surface area contributed by atoms with Crippen LogP contribution < -0.4 is 11.1 Å². The fourth-order valence-corrected chi connectivity index (χ4v) is 2.63. The standard InChI is InChI=1S/C13H19BrN2O/c14-12-3-1-11(2-4-12)13(16-8-7-15)5-9-17-10-6-13/h1-4,16H,5-10,15H2. The predicted molar refractivity (Wildman–Crippen MR) is 72.9 cm³/mol. The number of benzene rings is 1. The second kappa shape index (κ2) is 5.96. The molecule has 94 valence electrons. The molecule has 0 spiro atoms. The Bertz CT molecular complexity index is 347. The lowest BCUT2D eigenvalue weighted by molar-refractivity contribution is 0.0371. The number of hydrogen-bond donors (Lipinski definition) is 2. The van der Waals surface area contributed by atoms with Crippen molar-refractivity contribution in [3.05, 3.63) is 34.3 Å². The first-order valence-electron chi connectivity index (χ1n) is 6.06. The molecular weight excluding hydrogens is 280 g/mol. The van der Waals surface area contributed by atoms with Crippen LogP contribution in [0.3, 0.4) is 0 Å². The number of ether oxygens (including phenoxy) is 1. The van der Waals surface area contributed by atoms with Crippen molar-refractivity contribution >= 4 is 15.9 Å². The summed E-state index contributed by atoms with van der Waals surface area (Å²) < 4.78 is 6.58. The summed E-state index contributed by atoms with van der Waals surface area (Å²) in [6.07, 6.45) is 2.02. The Morgan fingerprint density at radius 3 is 2.47 bits per heavy atom. The molecule has 3 N–H and O–H groups in total. The lowest BCUT2D eigenvalue weighted by atomic mass is 9.82. The average Bonchev–Trinajstić information content (AvgIpc) is 2.38. The Labute approximate surface area is 111 Å². The normalized spacial score (nSPS) is 19.2. The predicted octanol–water partition coefficient (Wildman–Crippen LogP) is 2.00. The zero-order chi connectivity index (χ0) is 12.1. The van der Waals surface area contributed by atoms with Crippen LogP contribution >= 0.6 is 15.9 Å². The number of halogens is 1. The molecule has 3 nitrogen and oxygen atoms in total. The first-order chi connectivity index (χ1) is 8.27. The van der Waals surface area contributed by atoms with Gasteiger partial charge in [0.15, 0.2) is 0 Å². The van der Waals surface area contributed by atoms with Gasteiger partial charge in [0, 0.05) is 36.3 Å². The lowest BCUT2D eigenvalue weighted by Gasteiger charge is -2.38. The van der Waals surface area contributed by atoms with Crippen LogP contribution in [-0.2, 0) is 10.3 Å². The SMILES string of the molecule is NCCNC1(c2ccc(Br)cc2)CCOCC1. The van der Waals surface area contributed by atoms with E-state index in [-0.39, 0.29) is 5.54 Å². The molecule has 17 heavy (non-hydrogen) atoms. The van der Waals surface area contributed by atoms with Crippen molar-refractivity contribution in [2.45, 2.75) is 18.4 Å². The van der Waals surface area contributed by atoms with Gasteiger partial charge in [-0.25, -0.2) is 0 Å². The minimum absolute atomic E-state index is 0.0400. The highest BCUT2D eigenvalue weighted by atomic mass is 79.9. The van der Waals surface area contributed by atoms with Crippen LogP contribution in [0, 0.1) is 0 Å². The number of nitrogens with one attached hydrogen (secondary N) is 1. The van der Waals surface area contributed by atoms with Crippen molar-refractivity contribution in [2.24, 2.45) is 5.73 Å². The summed E-state index contributed by atoms with van der Waals surface area (Å²) in [4.78, 5) is 0. The zero-order valence-corrected chi connectivity index (χ0v) is 11.5. The van der Waals surface area contributed by atoms with E-state index in [9.17, 15) is 0 Å². The number of hydrogen-bond acceptors (Lipinski definition) is 3. The molecule has 0 saturated carbocycles. The summed E-state index contributed by atoms with van der Waals surface area (Å²) in [6.45, 7) is 3.14. The van der Waals surface area contributed by atoms with Crippen molar-refractivity contribution in [3.63, 3.8) is 0 Å². The maximum Gasteiger partial charge on any atom is 0.0486 e. The molecule has 0 bridgehead atoms. The third kappa shape index (κ3) is 3.07. The molecule has 0 radical (unpaired) electrons. The molecule has 1 saturated heterocycles. The molecule has 1 aromatic carbocycles. The van der Waals surface area contributed by atoms with Gasteiger partial charge in [-0.2, -0.15) is 0 Å². The molecule has 0 atom stereocenters. The van der Waals surface area contributed by atoms with Gasteiger partial charge < -0.3 is 15.8 Å². The molecule has 2 rings (SSSR count). The molecular formula is C13H19BrN2O. The van der Waals surface area contributed by atoms with Crippen LogP contribution in [0.1, 0.15) is 18.4 Å². The second-order valence-corrected chi connectivity index (χ2v) is 5.33. The van der Waals surface area contributed by atoms with Crippen LogP contribution in [0.4, 0.5) is 0 Å². The third-order valence-electron chi connectivity index (χ3n) is 3.35. The van der Waals surface area contributed by atoms with E-state index in [2.05, 4.69) is 45.5 Å². The highest BCUT2D eigenvalue weighted by Crippen LogP contribution is 2.32. The molecule has 4 heteroatoms. The molecule has 1 heterocycles. The van der Waals surface area contributed by atoms with Crippen LogP contribution in [0.15, 0.2) is 28.7 Å². The summed E-state index contributed by atoms with van der Waals surface area (Å²) in [7, 11) is 0. The quantitative estimate of drug-likeness (QED) is 0.894. The minimum Gasteiger partial charge on any atom is -0.381 e. The summed E-state index contributed by atoms with van der Waals surface area (Å²) in [5, 5.41) is 3.60. The van der Waals surface area contributed by atoms with Gasteiger partial charge in [0.05, 0.1) is 0 Å². The summed E-state index contributed by atoms with van der Waals surface area (Å²) in [5.41, 5.74) is 6.98. The molecule has 1 aliphatic heterocycles. The van der Waals surface area contributed by atoms with E-state index in [1.807, 2.05) is 0 Å². The van der Waals surface area contributed by atoms with E-state index >= 15 is 0 Å². The third-order valence-corrected chi connectivity index (χ3v) is 3.88. The Morgan fingerprint density at radius 1 is 1.24 bits per heavy atom. The Morgan fingerprint density at radius 2 is 1.88 bits per heavy atom. The van der Waals surface area contributed by atoms with Crippen LogP contribution in [-0.4, -0.2) is 26.3 Å². The van der Waals surface area contributed by atoms with Crippen LogP contribution in [0.25, 0.3) is 0 Å². The van der Waals surface area contributed by atoms with E-state index in [0.29, 0.717) is 6.54 Å². The maximum absolute atomic E-state index is 5.61. The zero-order valence-electron chi connectivity index (χ0n) is 9.92. The van der Waals surface area contributed by atoms with Gasteiger partial charge in [-0.15, -0.1) is 0 Å². The van der Waals surface area contributed by atoms with Crippen molar-refractivity contribution in [1.82, 2.24) is 5.32 Å². The molecule has 0 aromatic heterocycles. The summed E-state index contributed by atoms with van der Waals surface area (Å²) >= 11 is 3.47. The van der Waals surface area contributed by atoms with Gasteiger partial charge >= 0.3 is 0 Å². The Kier molecular flexibility index (Phi) is 4.56. The van der Waals surface area contributed by atoms with E-state index in [1.54, 1.807) is 0 Å². The molecule has 0 unspecified atom stereocenters. The second-order valence-electron chi connectivity index (χ2n) is 4.42. The molecule has 1 aromatic rings. The Balaban J connectivity index is 2.21. The fourth-order valence-electron chi connectivity index (χ4n) is 2.37.